The molecule has 2 heterocycles. The highest BCUT2D eigenvalue weighted by molar-refractivity contribution is 5.83. The summed E-state index contributed by atoms with van der Waals surface area (Å²) >= 11 is 0. The topological polar surface area (TPSA) is 93.5 Å². The van der Waals surface area contributed by atoms with Gasteiger partial charge in [0, 0.05) is 32.2 Å². The summed E-state index contributed by atoms with van der Waals surface area (Å²) < 4.78 is 6.97. The summed E-state index contributed by atoms with van der Waals surface area (Å²) in [6, 6.07) is -0.869. The maximum Gasteiger partial charge on any atom is 0.326 e. The average Bonchev–Trinajstić information content (AvgIpc) is 2.89. The molecule has 2 unspecified atom stereocenters. The molecule has 7 heteroatoms. The van der Waals surface area contributed by atoms with Crippen molar-refractivity contribution in [2.75, 3.05) is 13.2 Å². The number of amides is 1. The summed E-state index contributed by atoms with van der Waals surface area (Å²) in [4.78, 5) is 23.3. The molecule has 21 heavy (non-hydrogen) atoms. The number of rotatable bonds is 6. The van der Waals surface area contributed by atoms with Crippen molar-refractivity contribution in [1.29, 1.82) is 0 Å². The van der Waals surface area contributed by atoms with Gasteiger partial charge in [0.2, 0.25) is 5.91 Å². The number of ether oxygens (including phenoxy) is 1. The normalized spacial score (nSPS) is 20.0. The molecule has 2 rings (SSSR count). The number of hydrogen-bond acceptors (Lipinski definition) is 4. The Morgan fingerprint density at radius 2 is 2.43 bits per heavy atom. The van der Waals surface area contributed by atoms with Crippen LogP contribution in [0.15, 0.2) is 12.4 Å². The van der Waals surface area contributed by atoms with Gasteiger partial charge >= 0.3 is 5.97 Å². The van der Waals surface area contributed by atoms with Crippen LogP contribution in [0.25, 0.3) is 0 Å². The first-order chi connectivity index (χ1) is 10.1. The van der Waals surface area contributed by atoms with E-state index in [0.29, 0.717) is 19.6 Å². The number of hydrogen-bond donors (Lipinski definition) is 2. The lowest BCUT2D eigenvalue weighted by Crippen LogP contribution is -2.48. The molecule has 1 aromatic heterocycles. The monoisotopic (exact) mass is 295 g/mol. The molecule has 0 radical (unpaired) electrons. The lowest BCUT2D eigenvalue weighted by Gasteiger charge is -2.28. The molecule has 2 atom stereocenters. The predicted molar refractivity (Wildman–Crippen MR) is 74.6 cm³/mol. The molecule has 1 aromatic rings. The number of aliphatic carboxylic acids is 1. The second kappa shape index (κ2) is 7.21. The zero-order valence-corrected chi connectivity index (χ0v) is 12.1. The molecule has 0 aliphatic carbocycles. The molecule has 0 spiro atoms. The van der Waals surface area contributed by atoms with Crippen LogP contribution in [0.2, 0.25) is 0 Å². The third-order valence-corrected chi connectivity index (χ3v) is 3.65. The van der Waals surface area contributed by atoms with Crippen LogP contribution in [0.4, 0.5) is 0 Å². The number of carboxylic acids is 1. The van der Waals surface area contributed by atoms with Crippen LogP contribution in [-0.2, 0) is 27.8 Å². The highest BCUT2D eigenvalue weighted by atomic mass is 16.5. The van der Waals surface area contributed by atoms with Crippen molar-refractivity contribution in [1.82, 2.24) is 15.1 Å². The predicted octanol–water partition coefficient (Wildman–Crippen LogP) is 0.349. The molecule has 1 saturated heterocycles. The van der Waals surface area contributed by atoms with Crippen molar-refractivity contribution >= 4 is 11.9 Å². The van der Waals surface area contributed by atoms with Crippen molar-refractivity contribution in [3.63, 3.8) is 0 Å². The van der Waals surface area contributed by atoms with Gasteiger partial charge in [0.05, 0.1) is 12.8 Å². The fourth-order valence-corrected chi connectivity index (χ4v) is 2.51. The van der Waals surface area contributed by atoms with Crippen LogP contribution in [0.3, 0.4) is 0 Å². The Kier molecular flexibility index (Phi) is 5.32. The van der Waals surface area contributed by atoms with E-state index in [-0.39, 0.29) is 18.2 Å². The van der Waals surface area contributed by atoms with Crippen molar-refractivity contribution < 1.29 is 19.4 Å². The van der Waals surface area contributed by atoms with E-state index in [9.17, 15) is 14.7 Å². The van der Waals surface area contributed by atoms with E-state index in [1.165, 1.54) is 0 Å². The Morgan fingerprint density at radius 1 is 1.62 bits per heavy atom. The maximum absolute atomic E-state index is 11.9. The van der Waals surface area contributed by atoms with Gasteiger partial charge in [-0.3, -0.25) is 9.48 Å². The summed E-state index contributed by atoms with van der Waals surface area (Å²) in [5, 5.41) is 15.9. The smallest absolute Gasteiger partial charge is 0.326 e. The van der Waals surface area contributed by atoms with E-state index < -0.39 is 12.0 Å². The van der Waals surface area contributed by atoms with Crippen LogP contribution >= 0.6 is 0 Å². The van der Waals surface area contributed by atoms with E-state index >= 15 is 0 Å². The molecule has 0 aromatic carbocycles. The highest BCUT2D eigenvalue weighted by Crippen LogP contribution is 2.18. The van der Waals surface area contributed by atoms with Crippen LogP contribution in [0.5, 0.6) is 0 Å². The van der Waals surface area contributed by atoms with Gasteiger partial charge in [0.1, 0.15) is 6.04 Å². The molecular formula is C14H21N3O4. The molecular weight excluding hydrogens is 274 g/mol. The van der Waals surface area contributed by atoms with Gasteiger partial charge < -0.3 is 15.2 Å². The average molecular weight is 295 g/mol. The van der Waals surface area contributed by atoms with Gasteiger partial charge in [-0.25, -0.2) is 4.79 Å². The fourth-order valence-electron chi connectivity index (χ4n) is 2.51. The van der Waals surface area contributed by atoms with Gasteiger partial charge in [0.25, 0.3) is 0 Å². The number of carbonyl (C=O) groups is 2. The van der Waals surface area contributed by atoms with E-state index in [1.807, 2.05) is 13.2 Å². The van der Waals surface area contributed by atoms with Crippen molar-refractivity contribution in [2.24, 2.45) is 13.0 Å². The molecule has 2 N–H and O–H groups in total. The third kappa shape index (κ3) is 4.56. The SMILES string of the molecule is Cn1cc(CCC(=O)NC(C(=O)O)C2CCCOC2)cn1. The van der Waals surface area contributed by atoms with Gasteiger partial charge in [-0.2, -0.15) is 5.10 Å². The summed E-state index contributed by atoms with van der Waals surface area (Å²) in [6.45, 7) is 1.05. The number of nitrogens with one attached hydrogen (secondary N) is 1. The minimum absolute atomic E-state index is 0.154. The molecule has 1 aliphatic rings. The third-order valence-electron chi connectivity index (χ3n) is 3.65. The Labute approximate surface area is 123 Å². The second-order valence-electron chi connectivity index (χ2n) is 5.38. The summed E-state index contributed by atoms with van der Waals surface area (Å²) in [7, 11) is 1.81. The minimum Gasteiger partial charge on any atom is -0.480 e. The lowest BCUT2D eigenvalue weighted by molar-refractivity contribution is -0.145. The van der Waals surface area contributed by atoms with E-state index in [4.69, 9.17) is 4.74 Å². The number of aryl methyl sites for hydroxylation is 2. The maximum atomic E-state index is 11.9. The molecule has 0 saturated carbocycles. The molecule has 1 fully saturated rings. The van der Waals surface area contributed by atoms with Crippen molar-refractivity contribution in [3.8, 4) is 0 Å². The van der Waals surface area contributed by atoms with Gasteiger partial charge in [-0.1, -0.05) is 0 Å². The first-order valence-electron chi connectivity index (χ1n) is 7.13. The summed E-state index contributed by atoms with van der Waals surface area (Å²) in [5.41, 5.74) is 0.959. The van der Waals surface area contributed by atoms with Gasteiger partial charge in [-0.05, 0) is 24.8 Å². The second-order valence-corrected chi connectivity index (χ2v) is 5.38. The van der Waals surface area contributed by atoms with Crippen LogP contribution in [0, 0.1) is 5.92 Å². The quantitative estimate of drug-likeness (QED) is 0.790. The molecule has 116 valence electrons. The van der Waals surface area contributed by atoms with Crippen molar-refractivity contribution in [2.45, 2.75) is 31.7 Å². The van der Waals surface area contributed by atoms with Gasteiger partial charge in [-0.15, -0.1) is 0 Å². The molecule has 0 bridgehead atoms. The number of carbonyl (C=O) groups excluding carboxylic acids is 1. The van der Waals surface area contributed by atoms with E-state index in [0.717, 1.165) is 18.4 Å². The lowest BCUT2D eigenvalue weighted by atomic mass is 9.93. The van der Waals surface area contributed by atoms with E-state index in [2.05, 4.69) is 10.4 Å². The first kappa shape index (κ1) is 15.5. The Morgan fingerprint density at radius 3 is 3.00 bits per heavy atom. The number of aromatic nitrogens is 2. The Balaban J connectivity index is 1.84. The molecule has 7 nitrogen and oxygen atoms in total. The van der Waals surface area contributed by atoms with E-state index in [1.54, 1.807) is 10.9 Å². The zero-order valence-electron chi connectivity index (χ0n) is 12.1. The molecule has 1 amide bonds. The van der Waals surface area contributed by atoms with Crippen LogP contribution in [0.1, 0.15) is 24.8 Å². The Hall–Kier alpha value is -1.89. The summed E-state index contributed by atoms with van der Waals surface area (Å²) in [6.07, 6.45) is 5.95. The summed E-state index contributed by atoms with van der Waals surface area (Å²) in [5.74, 6) is -1.41. The first-order valence-corrected chi connectivity index (χ1v) is 7.13. The number of nitrogens with zero attached hydrogens (tertiary/aromatic N) is 2. The fraction of sp³-hybridized carbons (Fsp3) is 0.643. The Bertz CT molecular complexity index is 494. The largest absolute Gasteiger partial charge is 0.480 e. The van der Waals surface area contributed by atoms with Crippen LogP contribution in [-0.4, -0.2) is 46.0 Å². The standard InChI is InChI=1S/C14H21N3O4/c1-17-8-10(7-15-17)4-5-12(18)16-13(14(19)20)11-3-2-6-21-9-11/h7-8,11,13H,2-6,9H2,1H3,(H,16,18)(H,19,20). The zero-order chi connectivity index (χ0) is 15.2. The van der Waals surface area contributed by atoms with Crippen molar-refractivity contribution in [3.05, 3.63) is 18.0 Å². The number of carboxylic acid groups (broad SMARTS) is 1. The minimum atomic E-state index is -1.000. The molecule has 1 aliphatic heterocycles. The highest BCUT2D eigenvalue weighted by Gasteiger charge is 2.31. The van der Waals surface area contributed by atoms with Gasteiger partial charge in [0.15, 0.2) is 0 Å². The van der Waals surface area contributed by atoms with Crippen LogP contribution < -0.4 is 5.32 Å².